The molecule has 0 spiro atoms. The number of nitrogens with zero attached hydrogens (tertiary/aromatic N) is 1. The minimum Gasteiger partial charge on any atom is -0.383 e. The molecule has 26 heavy (non-hydrogen) atoms. The van der Waals surface area contributed by atoms with Crippen LogP contribution in [-0.2, 0) is 11.2 Å². The fourth-order valence-electron chi connectivity index (χ4n) is 2.28. The Morgan fingerprint density at radius 2 is 1.92 bits per heavy atom. The van der Waals surface area contributed by atoms with Gasteiger partial charge in [-0.05, 0) is 42.7 Å². The molecule has 0 aliphatic carbocycles. The molecule has 2 rings (SSSR count). The maximum Gasteiger partial charge on any atom is 0.267 e. The quantitative estimate of drug-likeness (QED) is 0.525. The van der Waals surface area contributed by atoms with Gasteiger partial charge in [-0.3, -0.25) is 4.79 Å². The first-order chi connectivity index (χ1) is 12.4. The van der Waals surface area contributed by atoms with Crippen LogP contribution in [0.4, 0.5) is 5.69 Å². The highest BCUT2D eigenvalue weighted by molar-refractivity contribution is 6.36. The average molecular weight is 388 g/mol. The number of hydrogen-bond donors (Lipinski definition) is 2. The second kappa shape index (κ2) is 9.28. The summed E-state index contributed by atoms with van der Waals surface area (Å²) in [5.41, 5.74) is 2.67. The standard InChI is InChI=1S/C20H19Cl2N3O/c1-3-14-4-6-15(7-5-14)13(2)24-12-16(11-23)20(26)25-19-9-8-17(21)10-18(19)22/h4-10,12-13,24H,3H2,1-2H3,(H,25,26)/b16-12-. The first-order valence-electron chi connectivity index (χ1n) is 8.16. The first kappa shape index (κ1) is 19.8. The number of carbonyl (C=O) groups is 1. The maximum atomic E-state index is 12.3. The number of hydrogen-bond acceptors (Lipinski definition) is 3. The summed E-state index contributed by atoms with van der Waals surface area (Å²) in [5.74, 6) is -0.544. The zero-order valence-corrected chi connectivity index (χ0v) is 16.0. The average Bonchev–Trinajstić information content (AvgIpc) is 2.64. The lowest BCUT2D eigenvalue weighted by Gasteiger charge is -2.13. The highest BCUT2D eigenvalue weighted by Crippen LogP contribution is 2.25. The molecule has 4 nitrogen and oxygen atoms in total. The molecule has 1 unspecified atom stereocenters. The fraction of sp³-hybridized carbons (Fsp3) is 0.200. The molecule has 2 aromatic rings. The van der Waals surface area contributed by atoms with Crippen molar-refractivity contribution in [1.82, 2.24) is 5.32 Å². The Morgan fingerprint density at radius 1 is 1.23 bits per heavy atom. The van der Waals surface area contributed by atoms with Crippen molar-refractivity contribution in [2.75, 3.05) is 5.32 Å². The molecule has 0 heterocycles. The van der Waals surface area contributed by atoms with Crippen LogP contribution >= 0.6 is 23.2 Å². The number of benzene rings is 2. The van der Waals surface area contributed by atoms with Crippen molar-refractivity contribution >= 4 is 34.8 Å². The minimum absolute atomic E-state index is 0.0452. The summed E-state index contributed by atoms with van der Waals surface area (Å²) in [6.45, 7) is 4.06. The van der Waals surface area contributed by atoms with E-state index >= 15 is 0 Å². The molecule has 0 bridgehead atoms. The minimum atomic E-state index is -0.544. The van der Waals surface area contributed by atoms with Crippen molar-refractivity contribution in [3.8, 4) is 6.07 Å². The molecule has 0 fully saturated rings. The summed E-state index contributed by atoms with van der Waals surface area (Å²) >= 11 is 11.9. The third-order valence-corrected chi connectivity index (χ3v) is 4.46. The lowest BCUT2D eigenvalue weighted by Crippen LogP contribution is -2.18. The topological polar surface area (TPSA) is 64.9 Å². The van der Waals surface area contributed by atoms with Crippen molar-refractivity contribution in [2.24, 2.45) is 0 Å². The molecular formula is C20H19Cl2N3O. The Labute approximate surface area is 163 Å². The van der Waals surface area contributed by atoms with Gasteiger partial charge in [0.25, 0.3) is 5.91 Å². The molecular weight excluding hydrogens is 369 g/mol. The van der Waals surface area contributed by atoms with Crippen LogP contribution in [0.1, 0.15) is 31.0 Å². The number of aryl methyl sites for hydroxylation is 1. The molecule has 2 aromatic carbocycles. The number of anilines is 1. The van der Waals surface area contributed by atoms with E-state index in [2.05, 4.69) is 29.7 Å². The highest BCUT2D eigenvalue weighted by Gasteiger charge is 2.12. The molecule has 0 aliphatic rings. The fourth-order valence-corrected chi connectivity index (χ4v) is 2.73. The van der Waals surface area contributed by atoms with Crippen LogP contribution < -0.4 is 10.6 Å². The second-order valence-corrected chi connectivity index (χ2v) is 6.58. The molecule has 0 saturated heterocycles. The van der Waals surface area contributed by atoms with Crippen LogP contribution in [0.5, 0.6) is 0 Å². The van der Waals surface area contributed by atoms with E-state index in [1.54, 1.807) is 12.1 Å². The predicted molar refractivity (Wildman–Crippen MR) is 106 cm³/mol. The smallest absolute Gasteiger partial charge is 0.267 e. The van der Waals surface area contributed by atoms with Gasteiger partial charge in [0, 0.05) is 17.3 Å². The molecule has 2 N–H and O–H groups in total. The Kier molecular flexibility index (Phi) is 7.08. The van der Waals surface area contributed by atoms with Crippen molar-refractivity contribution in [3.63, 3.8) is 0 Å². The van der Waals surface area contributed by atoms with E-state index in [4.69, 9.17) is 23.2 Å². The summed E-state index contributed by atoms with van der Waals surface area (Å²) in [7, 11) is 0. The van der Waals surface area contributed by atoms with Gasteiger partial charge >= 0.3 is 0 Å². The highest BCUT2D eigenvalue weighted by atomic mass is 35.5. The zero-order valence-electron chi connectivity index (χ0n) is 14.5. The van der Waals surface area contributed by atoms with E-state index < -0.39 is 5.91 Å². The van der Waals surface area contributed by atoms with Crippen molar-refractivity contribution in [2.45, 2.75) is 26.3 Å². The molecule has 1 amide bonds. The Hall–Kier alpha value is -2.48. The van der Waals surface area contributed by atoms with Crippen LogP contribution in [0.25, 0.3) is 0 Å². The van der Waals surface area contributed by atoms with Gasteiger partial charge < -0.3 is 10.6 Å². The molecule has 0 aromatic heterocycles. The van der Waals surface area contributed by atoms with Crippen LogP contribution in [0, 0.1) is 11.3 Å². The van der Waals surface area contributed by atoms with Crippen molar-refractivity contribution < 1.29 is 4.79 Å². The predicted octanol–water partition coefficient (Wildman–Crippen LogP) is 5.25. The summed E-state index contributed by atoms with van der Waals surface area (Å²) in [6, 6.07) is 14.8. The molecule has 0 radical (unpaired) electrons. The summed E-state index contributed by atoms with van der Waals surface area (Å²) in [6.07, 6.45) is 2.39. The maximum absolute atomic E-state index is 12.3. The van der Waals surface area contributed by atoms with Gasteiger partial charge in [-0.25, -0.2) is 0 Å². The van der Waals surface area contributed by atoms with Crippen LogP contribution in [-0.4, -0.2) is 5.91 Å². The van der Waals surface area contributed by atoms with E-state index in [0.717, 1.165) is 12.0 Å². The number of nitrogens with one attached hydrogen (secondary N) is 2. The summed E-state index contributed by atoms with van der Waals surface area (Å²) in [4.78, 5) is 12.3. The van der Waals surface area contributed by atoms with E-state index in [9.17, 15) is 10.1 Å². The third-order valence-electron chi connectivity index (χ3n) is 3.91. The number of carbonyl (C=O) groups excluding carboxylic acids is 1. The Morgan fingerprint density at radius 3 is 2.50 bits per heavy atom. The van der Waals surface area contributed by atoms with Gasteiger partial charge in [0.15, 0.2) is 0 Å². The van der Waals surface area contributed by atoms with E-state index in [-0.39, 0.29) is 11.6 Å². The molecule has 1 atom stereocenters. The van der Waals surface area contributed by atoms with Crippen molar-refractivity contribution in [3.05, 3.63) is 75.4 Å². The molecule has 0 aliphatic heterocycles. The normalized spacial score (nSPS) is 12.2. The van der Waals surface area contributed by atoms with Gasteiger partial charge in [0.05, 0.1) is 10.7 Å². The van der Waals surface area contributed by atoms with Gasteiger partial charge in [-0.15, -0.1) is 0 Å². The van der Waals surface area contributed by atoms with E-state index in [1.807, 2.05) is 25.1 Å². The van der Waals surface area contributed by atoms with Crippen LogP contribution in [0.2, 0.25) is 10.0 Å². The number of amides is 1. The lowest BCUT2D eigenvalue weighted by atomic mass is 10.1. The zero-order chi connectivity index (χ0) is 19.1. The monoisotopic (exact) mass is 387 g/mol. The Bertz CT molecular complexity index is 854. The lowest BCUT2D eigenvalue weighted by molar-refractivity contribution is -0.112. The third kappa shape index (κ3) is 5.26. The molecule has 6 heteroatoms. The van der Waals surface area contributed by atoms with Gasteiger partial charge in [-0.2, -0.15) is 5.26 Å². The van der Waals surface area contributed by atoms with Crippen LogP contribution in [0.3, 0.4) is 0 Å². The van der Waals surface area contributed by atoms with Gasteiger partial charge in [0.1, 0.15) is 11.6 Å². The number of nitriles is 1. The second-order valence-electron chi connectivity index (χ2n) is 5.73. The number of rotatable bonds is 6. The van der Waals surface area contributed by atoms with E-state index in [0.29, 0.717) is 15.7 Å². The number of halogens is 2. The summed E-state index contributed by atoms with van der Waals surface area (Å²) in [5, 5.41) is 15.7. The first-order valence-corrected chi connectivity index (χ1v) is 8.91. The molecule has 0 saturated carbocycles. The summed E-state index contributed by atoms with van der Waals surface area (Å²) < 4.78 is 0. The van der Waals surface area contributed by atoms with Gasteiger partial charge in [-0.1, -0.05) is 54.4 Å². The Balaban J connectivity index is 2.06. The van der Waals surface area contributed by atoms with Gasteiger partial charge in [0.2, 0.25) is 0 Å². The van der Waals surface area contributed by atoms with Crippen molar-refractivity contribution in [1.29, 1.82) is 5.26 Å². The van der Waals surface area contributed by atoms with Crippen LogP contribution in [0.15, 0.2) is 54.2 Å². The molecule has 134 valence electrons. The SMILES string of the molecule is CCc1ccc(C(C)N/C=C(/C#N)C(=O)Nc2ccc(Cl)cc2Cl)cc1. The van der Waals surface area contributed by atoms with E-state index in [1.165, 1.54) is 17.8 Å². The largest absolute Gasteiger partial charge is 0.383 e.